The number of carbonyl (C=O) groups excluding carboxylic acids is 3. The maximum atomic E-state index is 12.8. The van der Waals surface area contributed by atoms with Crippen molar-refractivity contribution >= 4 is 17.7 Å². The number of imide groups is 1. The van der Waals surface area contributed by atoms with Crippen molar-refractivity contribution < 1.29 is 19.1 Å². The fourth-order valence-corrected chi connectivity index (χ4v) is 3.72. The van der Waals surface area contributed by atoms with Crippen LogP contribution in [0.4, 0.5) is 4.79 Å². The molecule has 2 heterocycles. The predicted molar refractivity (Wildman–Crippen MR) is 98.9 cm³/mol. The zero-order chi connectivity index (χ0) is 19.6. The van der Waals surface area contributed by atoms with Gasteiger partial charge in [0, 0.05) is 17.8 Å². The fraction of sp³-hybridized carbons (Fsp3) is 0.350. The Hall–Kier alpha value is -3.29. The van der Waals surface area contributed by atoms with Gasteiger partial charge >= 0.3 is 6.03 Å². The molecule has 0 atom stereocenters. The molecule has 2 aromatic rings. The largest absolute Gasteiger partial charge is 0.438 e. The van der Waals surface area contributed by atoms with Crippen molar-refractivity contribution in [2.75, 3.05) is 6.54 Å². The van der Waals surface area contributed by atoms with Crippen LogP contribution in [-0.4, -0.2) is 44.9 Å². The van der Waals surface area contributed by atoms with Gasteiger partial charge in [0.05, 0.1) is 6.54 Å². The Morgan fingerprint density at radius 3 is 2.54 bits per heavy atom. The fourth-order valence-electron chi connectivity index (χ4n) is 3.72. The Balaban J connectivity index is 1.42. The van der Waals surface area contributed by atoms with Crippen molar-refractivity contribution in [1.82, 2.24) is 20.4 Å². The third-order valence-electron chi connectivity index (χ3n) is 5.20. The van der Waals surface area contributed by atoms with Crippen molar-refractivity contribution in [3.63, 3.8) is 0 Å². The van der Waals surface area contributed by atoms with Crippen molar-refractivity contribution in [3.05, 3.63) is 48.2 Å². The number of rotatable bonds is 5. The molecule has 8 heteroatoms. The van der Waals surface area contributed by atoms with Gasteiger partial charge in [0.25, 0.3) is 5.91 Å². The molecule has 1 aromatic carbocycles. The van der Waals surface area contributed by atoms with Crippen LogP contribution in [0.3, 0.4) is 0 Å². The minimum Gasteiger partial charge on any atom is -0.438 e. The first kappa shape index (κ1) is 18.1. The van der Waals surface area contributed by atoms with Crippen LogP contribution in [0.25, 0.3) is 0 Å². The highest BCUT2D eigenvalue weighted by Gasteiger charge is 2.51. The Bertz CT molecular complexity index is 892. The van der Waals surface area contributed by atoms with Crippen LogP contribution >= 0.6 is 0 Å². The highest BCUT2D eigenvalue weighted by Crippen LogP contribution is 2.33. The average Bonchev–Trinajstić information content (AvgIpc) is 2.94. The van der Waals surface area contributed by atoms with Gasteiger partial charge in [0.2, 0.25) is 5.88 Å². The van der Waals surface area contributed by atoms with Gasteiger partial charge in [-0.05, 0) is 43.2 Å². The molecule has 1 spiro atoms. The number of benzene rings is 1. The van der Waals surface area contributed by atoms with Gasteiger partial charge in [-0.2, -0.15) is 5.10 Å². The van der Waals surface area contributed by atoms with E-state index in [9.17, 15) is 14.4 Å². The summed E-state index contributed by atoms with van der Waals surface area (Å²) >= 11 is 0. The standard InChI is InChI=1S/C20H20N4O4/c25-16(13-24-18(26)20(22-19(24)27)10-2-1-3-11-20)14-6-8-15(9-7-14)28-17-5-4-12-21-23-17/h4-9,12H,1-3,10-11,13H2,(H,22,27). The zero-order valence-electron chi connectivity index (χ0n) is 15.3. The van der Waals surface area contributed by atoms with E-state index in [1.165, 1.54) is 0 Å². The Morgan fingerprint density at radius 2 is 1.86 bits per heavy atom. The molecule has 8 nitrogen and oxygen atoms in total. The molecule has 144 valence electrons. The van der Waals surface area contributed by atoms with Crippen molar-refractivity contribution in [2.45, 2.75) is 37.6 Å². The van der Waals surface area contributed by atoms with Gasteiger partial charge < -0.3 is 10.1 Å². The molecular weight excluding hydrogens is 360 g/mol. The Morgan fingerprint density at radius 1 is 1.11 bits per heavy atom. The SMILES string of the molecule is O=C(CN1C(=O)NC2(CCCCC2)C1=O)c1ccc(Oc2cccnn2)cc1. The van der Waals surface area contributed by atoms with Crippen LogP contribution in [-0.2, 0) is 4.79 Å². The number of nitrogens with one attached hydrogen (secondary N) is 1. The van der Waals surface area contributed by atoms with Crippen LogP contribution in [0.1, 0.15) is 42.5 Å². The number of ketones is 1. The monoisotopic (exact) mass is 380 g/mol. The summed E-state index contributed by atoms with van der Waals surface area (Å²) < 4.78 is 5.54. The van der Waals surface area contributed by atoms with E-state index in [1.807, 2.05) is 0 Å². The molecule has 4 rings (SSSR count). The highest BCUT2D eigenvalue weighted by atomic mass is 16.5. The van der Waals surface area contributed by atoms with Crippen molar-refractivity contribution in [3.8, 4) is 11.6 Å². The second-order valence-electron chi connectivity index (χ2n) is 7.08. The normalized spacial score (nSPS) is 18.2. The summed E-state index contributed by atoms with van der Waals surface area (Å²) in [5.41, 5.74) is -0.416. The minimum atomic E-state index is -0.815. The third-order valence-corrected chi connectivity index (χ3v) is 5.20. The van der Waals surface area contributed by atoms with E-state index in [2.05, 4.69) is 15.5 Å². The number of carbonyl (C=O) groups is 3. The topological polar surface area (TPSA) is 101 Å². The van der Waals surface area contributed by atoms with E-state index in [0.29, 0.717) is 30.0 Å². The second-order valence-corrected chi connectivity index (χ2v) is 7.08. The number of hydrogen-bond donors (Lipinski definition) is 1. The summed E-state index contributed by atoms with van der Waals surface area (Å²) in [5.74, 6) is 0.266. The van der Waals surface area contributed by atoms with Gasteiger partial charge in [0.15, 0.2) is 5.78 Å². The molecular formula is C20H20N4O4. The first-order valence-electron chi connectivity index (χ1n) is 9.30. The highest BCUT2D eigenvalue weighted by molar-refractivity contribution is 6.11. The van der Waals surface area contributed by atoms with Gasteiger partial charge in [-0.15, -0.1) is 5.10 Å². The van der Waals surface area contributed by atoms with E-state index < -0.39 is 11.6 Å². The first-order valence-corrected chi connectivity index (χ1v) is 9.30. The van der Waals surface area contributed by atoms with E-state index in [-0.39, 0.29) is 18.2 Å². The molecule has 1 N–H and O–H groups in total. The third kappa shape index (κ3) is 3.45. The molecule has 2 fully saturated rings. The smallest absolute Gasteiger partial charge is 0.325 e. The summed E-state index contributed by atoms with van der Waals surface area (Å²) in [5, 5.41) is 10.4. The molecule has 1 aliphatic heterocycles. The molecule has 0 bridgehead atoms. The van der Waals surface area contributed by atoms with Crippen LogP contribution in [0.5, 0.6) is 11.6 Å². The maximum Gasteiger partial charge on any atom is 0.325 e. The van der Waals surface area contributed by atoms with Crippen LogP contribution < -0.4 is 10.1 Å². The van der Waals surface area contributed by atoms with E-state index in [0.717, 1.165) is 24.2 Å². The molecule has 2 aliphatic rings. The maximum absolute atomic E-state index is 12.8. The summed E-state index contributed by atoms with van der Waals surface area (Å²) in [6.07, 6.45) is 5.68. The van der Waals surface area contributed by atoms with Gasteiger partial charge in [-0.25, -0.2) is 4.79 Å². The summed E-state index contributed by atoms with van der Waals surface area (Å²) in [6, 6.07) is 9.36. The zero-order valence-corrected chi connectivity index (χ0v) is 15.3. The van der Waals surface area contributed by atoms with Crippen LogP contribution in [0.2, 0.25) is 0 Å². The summed E-state index contributed by atoms with van der Waals surface area (Å²) in [4.78, 5) is 38.7. The lowest BCUT2D eigenvalue weighted by atomic mass is 9.82. The number of ether oxygens (including phenoxy) is 1. The molecule has 1 saturated carbocycles. The van der Waals surface area contributed by atoms with Gasteiger partial charge in [-0.3, -0.25) is 14.5 Å². The van der Waals surface area contributed by atoms with Crippen LogP contribution in [0.15, 0.2) is 42.6 Å². The number of aromatic nitrogens is 2. The quantitative estimate of drug-likeness (QED) is 0.632. The number of hydrogen-bond acceptors (Lipinski definition) is 6. The predicted octanol–water partition coefficient (Wildman–Crippen LogP) is 2.71. The van der Waals surface area contributed by atoms with E-state index in [1.54, 1.807) is 42.6 Å². The van der Waals surface area contributed by atoms with Crippen molar-refractivity contribution in [2.24, 2.45) is 0 Å². The number of urea groups is 1. The molecule has 1 aromatic heterocycles. The van der Waals surface area contributed by atoms with Crippen LogP contribution in [0, 0.1) is 0 Å². The molecule has 28 heavy (non-hydrogen) atoms. The van der Waals surface area contributed by atoms with E-state index in [4.69, 9.17) is 4.74 Å². The second kappa shape index (κ2) is 7.38. The van der Waals surface area contributed by atoms with E-state index >= 15 is 0 Å². The molecule has 3 amide bonds. The lowest BCUT2D eigenvalue weighted by molar-refractivity contribution is -0.132. The Kier molecular flexibility index (Phi) is 4.77. The lowest BCUT2D eigenvalue weighted by Crippen LogP contribution is -2.48. The Labute approximate surface area is 161 Å². The van der Waals surface area contributed by atoms with Crippen molar-refractivity contribution in [1.29, 1.82) is 0 Å². The molecule has 0 radical (unpaired) electrons. The number of nitrogens with zero attached hydrogens (tertiary/aromatic N) is 3. The summed E-state index contributed by atoms with van der Waals surface area (Å²) in [7, 11) is 0. The first-order chi connectivity index (χ1) is 13.6. The van der Waals surface area contributed by atoms with Gasteiger partial charge in [-0.1, -0.05) is 19.3 Å². The average molecular weight is 380 g/mol. The summed E-state index contributed by atoms with van der Waals surface area (Å²) in [6.45, 7) is -0.267. The van der Waals surface area contributed by atoms with Gasteiger partial charge in [0.1, 0.15) is 11.3 Å². The number of amides is 3. The number of Topliss-reactive ketones (excluding diaryl/α,β-unsaturated/α-hetero) is 1. The molecule has 0 unspecified atom stereocenters. The molecule has 1 saturated heterocycles. The minimum absolute atomic E-state index is 0.267. The molecule has 1 aliphatic carbocycles. The lowest BCUT2D eigenvalue weighted by Gasteiger charge is -2.30.